The van der Waals surface area contributed by atoms with Gasteiger partial charge in [0, 0.05) is 0 Å². The van der Waals surface area contributed by atoms with E-state index in [0.717, 1.165) is 17.2 Å². The van der Waals surface area contributed by atoms with Crippen molar-refractivity contribution in [3.63, 3.8) is 0 Å². The minimum atomic E-state index is -0.106. The van der Waals surface area contributed by atoms with Gasteiger partial charge in [-0.05, 0) is 55.5 Å². The van der Waals surface area contributed by atoms with Crippen molar-refractivity contribution in [2.75, 3.05) is 6.16 Å². The monoisotopic (exact) mass is 470 g/mol. The Labute approximate surface area is 162 Å². The van der Waals surface area contributed by atoms with E-state index in [1.807, 2.05) is 0 Å². The molecular formula is C19H35Cl2PPd. The maximum atomic E-state index is 4.81. The summed E-state index contributed by atoms with van der Waals surface area (Å²) >= 11 is -0.106. The summed E-state index contributed by atoms with van der Waals surface area (Å²) in [5, 5.41) is 0. The van der Waals surface area contributed by atoms with Gasteiger partial charge in [0.1, 0.15) is 0 Å². The van der Waals surface area contributed by atoms with Gasteiger partial charge in [-0.2, -0.15) is 0 Å². The summed E-state index contributed by atoms with van der Waals surface area (Å²) in [7, 11) is 9.91. The second kappa shape index (κ2) is 14.6. The van der Waals surface area contributed by atoms with Crippen LogP contribution in [0.25, 0.3) is 0 Å². The van der Waals surface area contributed by atoms with E-state index in [2.05, 4.69) is 26.0 Å². The van der Waals surface area contributed by atoms with Crippen molar-refractivity contribution in [3.05, 3.63) is 12.2 Å². The van der Waals surface area contributed by atoms with Gasteiger partial charge in [-0.3, -0.25) is 0 Å². The minimum absolute atomic E-state index is 0.106. The third-order valence-corrected chi connectivity index (χ3v) is 8.72. The molecule has 0 unspecified atom stereocenters. The predicted octanol–water partition coefficient (Wildman–Crippen LogP) is 8.11. The summed E-state index contributed by atoms with van der Waals surface area (Å²) in [6.07, 6.45) is 23.1. The van der Waals surface area contributed by atoms with Crippen LogP contribution in [0.2, 0.25) is 0 Å². The van der Waals surface area contributed by atoms with Crippen molar-refractivity contribution >= 4 is 27.0 Å². The van der Waals surface area contributed by atoms with Gasteiger partial charge in [0.2, 0.25) is 0 Å². The zero-order chi connectivity index (χ0) is 16.9. The molecule has 0 aromatic heterocycles. The van der Waals surface area contributed by atoms with Crippen LogP contribution in [0.15, 0.2) is 12.2 Å². The molecule has 2 rings (SSSR count). The normalized spacial score (nSPS) is 21.1. The molecule has 4 heteroatoms. The summed E-state index contributed by atoms with van der Waals surface area (Å²) in [6.45, 7) is 4.66. The van der Waals surface area contributed by atoms with Crippen LogP contribution in [0.3, 0.4) is 0 Å². The molecule has 0 aromatic carbocycles. The van der Waals surface area contributed by atoms with Crippen molar-refractivity contribution in [1.29, 1.82) is 0 Å². The first-order chi connectivity index (χ1) is 11.2. The molecule has 0 atom stereocenters. The first kappa shape index (κ1) is 22.5. The Morgan fingerprint density at radius 1 is 0.870 bits per heavy atom. The van der Waals surface area contributed by atoms with Crippen LogP contribution in [-0.4, -0.2) is 17.5 Å². The summed E-state index contributed by atoms with van der Waals surface area (Å²) in [6, 6.07) is 0. The van der Waals surface area contributed by atoms with E-state index in [0.29, 0.717) is 0 Å². The van der Waals surface area contributed by atoms with Gasteiger partial charge >= 0.3 is 35.0 Å². The molecule has 0 saturated heterocycles. The summed E-state index contributed by atoms with van der Waals surface area (Å²) in [5.74, 6) is 0.821. The Morgan fingerprint density at radius 2 is 1.30 bits per heavy atom. The fourth-order valence-electron chi connectivity index (χ4n) is 3.99. The van der Waals surface area contributed by atoms with Crippen LogP contribution in [0.5, 0.6) is 0 Å². The number of halogens is 2. The predicted molar refractivity (Wildman–Crippen MR) is 106 cm³/mol. The van der Waals surface area contributed by atoms with E-state index in [4.69, 9.17) is 19.1 Å². The summed E-state index contributed by atoms with van der Waals surface area (Å²) in [4.78, 5) is 0. The summed E-state index contributed by atoms with van der Waals surface area (Å²) in [5.41, 5.74) is 2.23. The quantitative estimate of drug-likeness (QED) is 0.208. The molecule has 0 amide bonds. The van der Waals surface area contributed by atoms with Crippen molar-refractivity contribution in [3.8, 4) is 0 Å². The molecule has 23 heavy (non-hydrogen) atoms. The molecule has 140 valence electrons. The van der Waals surface area contributed by atoms with Gasteiger partial charge in [-0.15, -0.1) is 0 Å². The molecule has 0 aromatic rings. The van der Waals surface area contributed by atoms with E-state index >= 15 is 0 Å². The van der Waals surface area contributed by atoms with Crippen molar-refractivity contribution in [1.82, 2.24) is 0 Å². The van der Waals surface area contributed by atoms with Gasteiger partial charge in [0.15, 0.2) is 0 Å². The van der Waals surface area contributed by atoms with Crippen molar-refractivity contribution in [2.24, 2.45) is 5.92 Å². The third-order valence-electron chi connectivity index (χ3n) is 5.18. The Balaban J connectivity index is 0.000000816. The summed E-state index contributed by atoms with van der Waals surface area (Å²) < 4.78 is 0. The van der Waals surface area contributed by atoms with Gasteiger partial charge in [0.05, 0.1) is 0 Å². The molecule has 0 radical (unpaired) electrons. The second-order valence-electron chi connectivity index (χ2n) is 7.43. The first-order valence-electron chi connectivity index (χ1n) is 9.42. The second-order valence-corrected chi connectivity index (χ2v) is 12.6. The van der Waals surface area contributed by atoms with E-state index in [9.17, 15) is 0 Å². The molecule has 0 N–H and O–H groups in total. The Morgan fingerprint density at radius 3 is 1.70 bits per heavy atom. The fraction of sp³-hybridized carbons (Fsp3) is 0.895. The van der Waals surface area contributed by atoms with E-state index < -0.39 is 0 Å². The van der Waals surface area contributed by atoms with Crippen LogP contribution < -0.4 is 0 Å². The Kier molecular flexibility index (Phi) is 14.2. The van der Waals surface area contributed by atoms with Crippen molar-refractivity contribution in [2.45, 2.75) is 95.8 Å². The van der Waals surface area contributed by atoms with Gasteiger partial charge in [-0.25, -0.2) is 0 Å². The Bertz CT molecular complexity index is 280. The van der Waals surface area contributed by atoms with Crippen LogP contribution in [-0.2, 0) is 15.9 Å². The molecule has 0 bridgehead atoms. The zero-order valence-corrected chi connectivity index (χ0v) is 18.9. The number of hydrogen-bond acceptors (Lipinski definition) is 0. The van der Waals surface area contributed by atoms with Gasteiger partial charge in [0.25, 0.3) is 0 Å². The Hall–Kier alpha value is 1.41. The molecular weight excluding hydrogens is 437 g/mol. The van der Waals surface area contributed by atoms with E-state index in [1.54, 1.807) is 25.7 Å². The standard InChI is InChI=1S/C19H35P.2ClH.Pd/c1-17(2)11-9-10-16-20(18-12-5-3-6-13-18)19-14-7-4-8-15-19;;;/h9-10,17-19H,3-8,11-16H2,1-2H3;2*1H;/q;;;+2/p-2. The van der Waals surface area contributed by atoms with Crippen LogP contribution in [0.4, 0.5) is 0 Å². The fourth-order valence-corrected chi connectivity index (χ4v) is 7.63. The van der Waals surface area contributed by atoms with E-state index in [1.165, 1.54) is 51.1 Å². The molecule has 0 spiro atoms. The number of allylic oxidation sites excluding steroid dienone is 2. The number of rotatable bonds is 6. The molecule has 0 nitrogen and oxygen atoms in total. The van der Waals surface area contributed by atoms with Crippen LogP contribution in [0, 0.1) is 5.92 Å². The molecule has 2 saturated carbocycles. The average Bonchev–Trinajstić information content (AvgIpc) is 2.57. The van der Waals surface area contributed by atoms with Crippen LogP contribution >= 0.6 is 27.0 Å². The molecule has 2 fully saturated rings. The van der Waals surface area contributed by atoms with Crippen molar-refractivity contribution < 1.29 is 15.9 Å². The number of hydrogen-bond donors (Lipinski definition) is 0. The molecule has 2 aliphatic rings. The van der Waals surface area contributed by atoms with Crippen LogP contribution in [0.1, 0.15) is 84.5 Å². The average molecular weight is 472 g/mol. The van der Waals surface area contributed by atoms with Gasteiger partial charge < -0.3 is 0 Å². The molecule has 0 aliphatic heterocycles. The first-order valence-corrected chi connectivity index (χ1v) is 15.1. The molecule has 0 heterocycles. The SMILES string of the molecule is CC(C)CC=CCP(C1CCCCC1)C1CCCCC1.[Cl][Pd][Cl]. The third kappa shape index (κ3) is 10.2. The topological polar surface area (TPSA) is 0 Å². The maximum absolute atomic E-state index is 4.81. The molecule has 2 aliphatic carbocycles. The van der Waals surface area contributed by atoms with E-state index in [-0.39, 0.29) is 23.9 Å². The zero-order valence-electron chi connectivity index (χ0n) is 14.9. The van der Waals surface area contributed by atoms with Gasteiger partial charge in [-0.1, -0.05) is 72.4 Å².